The van der Waals surface area contributed by atoms with E-state index in [0.717, 1.165) is 38.5 Å². The Morgan fingerprint density at radius 3 is 1.26 bits per heavy atom. The van der Waals surface area contributed by atoms with Crippen molar-refractivity contribution in [3.63, 3.8) is 0 Å². The summed E-state index contributed by atoms with van der Waals surface area (Å²) < 4.78 is 2.15. The molecular weight excluding hydrogens is 645 g/mol. The average Bonchev–Trinajstić information content (AvgIpc) is 3.58. The van der Waals surface area contributed by atoms with Gasteiger partial charge in [-0.25, -0.2) is 4.98 Å². The fourth-order valence-corrected chi connectivity index (χ4v) is 7.54. The fraction of sp³-hybridized carbons (Fsp3) is 0. The topological polar surface area (TPSA) is 43.6 Å². The summed E-state index contributed by atoms with van der Waals surface area (Å²) in [4.78, 5) is 15.3. The molecule has 53 heavy (non-hydrogen) atoms. The highest BCUT2D eigenvalue weighted by Crippen LogP contribution is 2.38. The van der Waals surface area contributed by atoms with Gasteiger partial charge in [-0.3, -0.25) is 4.57 Å². The van der Waals surface area contributed by atoms with Gasteiger partial charge in [0.05, 0.1) is 11.0 Å². The lowest BCUT2D eigenvalue weighted by molar-refractivity contribution is 0.953. The molecule has 0 saturated heterocycles. The van der Waals surface area contributed by atoms with E-state index in [2.05, 4.69) is 168 Å². The van der Waals surface area contributed by atoms with Crippen LogP contribution in [0.1, 0.15) is 0 Å². The molecule has 10 rings (SSSR count). The fourth-order valence-electron chi connectivity index (χ4n) is 7.54. The van der Waals surface area contributed by atoms with Crippen molar-refractivity contribution in [1.82, 2.24) is 19.5 Å². The minimum absolute atomic E-state index is 0.590. The van der Waals surface area contributed by atoms with Crippen LogP contribution in [0.2, 0.25) is 0 Å². The predicted octanol–water partition coefficient (Wildman–Crippen LogP) is 12.5. The first-order valence-electron chi connectivity index (χ1n) is 17.9. The summed E-state index contributed by atoms with van der Waals surface area (Å²) in [5.74, 6) is 1.85. The Balaban J connectivity index is 1.09. The molecule has 0 unspecified atom stereocenters. The summed E-state index contributed by atoms with van der Waals surface area (Å²) >= 11 is 0. The van der Waals surface area contributed by atoms with E-state index in [4.69, 9.17) is 15.0 Å². The van der Waals surface area contributed by atoms with Crippen molar-refractivity contribution in [2.75, 3.05) is 0 Å². The Labute approximate surface area is 307 Å². The number of nitrogens with zero attached hydrogens (tertiary/aromatic N) is 4. The van der Waals surface area contributed by atoms with Crippen molar-refractivity contribution in [3.8, 4) is 62.1 Å². The van der Waals surface area contributed by atoms with Crippen molar-refractivity contribution in [3.05, 3.63) is 194 Å². The maximum atomic E-state index is 5.15. The molecule has 8 aromatic carbocycles. The van der Waals surface area contributed by atoms with Gasteiger partial charge in [-0.15, -0.1) is 0 Å². The first-order chi connectivity index (χ1) is 26.3. The molecule has 248 valence electrons. The Kier molecular flexibility index (Phi) is 7.43. The van der Waals surface area contributed by atoms with E-state index in [1.807, 2.05) is 30.3 Å². The first kappa shape index (κ1) is 30.6. The molecule has 10 aromatic rings. The third-order valence-electron chi connectivity index (χ3n) is 10.1. The van der Waals surface area contributed by atoms with Crippen LogP contribution >= 0.6 is 0 Å². The van der Waals surface area contributed by atoms with Gasteiger partial charge in [-0.05, 0) is 56.3 Å². The van der Waals surface area contributed by atoms with Crippen molar-refractivity contribution in [2.45, 2.75) is 0 Å². The highest BCUT2D eigenvalue weighted by atomic mass is 15.2. The van der Waals surface area contributed by atoms with Crippen molar-refractivity contribution >= 4 is 32.6 Å². The van der Waals surface area contributed by atoms with Gasteiger partial charge in [0.2, 0.25) is 5.95 Å². The summed E-state index contributed by atoms with van der Waals surface area (Å²) in [6.45, 7) is 0. The van der Waals surface area contributed by atoms with Gasteiger partial charge in [0.25, 0.3) is 0 Å². The van der Waals surface area contributed by atoms with Crippen LogP contribution in [-0.2, 0) is 0 Å². The molecule has 0 aliphatic heterocycles. The molecular formula is C49H32N4. The zero-order chi connectivity index (χ0) is 35.1. The van der Waals surface area contributed by atoms with Crippen LogP contribution in [0.3, 0.4) is 0 Å². The number of hydrogen-bond acceptors (Lipinski definition) is 3. The quantitative estimate of drug-likeness (QED) is 0.176. The van der Waals surface area contributed by atoms with Crippen molar-refractivity contribution in [2.24, 2.45) is 0 Å². The smallest absolute Gasteiger partial charge is 0.238 e. The second-order valence-electron chi connectivity index (χ2n) is 13.2. The van der Waals surface area contributed by atoms with E-state index in [1.165, 1.54) is 38.6 Å². The van der Waals surface area contributed by atoms with Crippen LogP contribution < -0.4 is 0 Å². The standard InChI is InChI=1S/C49H32N4/c1-3-13-33(14-4-1)34-25-27-35(28-26-34)40-21-11-17-37-18-12-22-41(46(37)40)36-29-31-39(32-30-36)48-50-47(38-15-5-2-6-16-38)51-49(52-48)53-44-23-9-7-19-42(44)43-20-8-10-24-45(43)53/h1-32H. The zero-order valence-corrected chi connectivity index (χ0v) is 28.8. The summed E-state index contributed by atoms with van der Waals surface area (Å²) in [5, 5.41) is 4.77. The van der Waals surface area contributed by atoms with Crippen LogP contribution in [0.15, 0.2) is 194 Å². The van der Waals surface area contributed by atoms with Crippen LogP contribution in [0.4, 0.5) is 0 Å². The Bertz CT molecular complexity index is 2850. The zero-order valence-electron chi connectivity index (χ0n) is 28.8. The molecule has 0 atom stereocenters. The first-order valence-corrected chi connectivity index (χ1v) is 17.9. The molecule has 0 N–H and O–H groups in total. The maximum Gasteiger partial charge on any atom is 0.238 e. The van der Waals surface area contributed by atoms with E-state index < -0.39 is 0 Å². The lowest BCUT2D eigenvalue weighted by Crippen LogP contribution is -2.06. The highest BCUT2D eigenvalue weighted by Gasteiger charge is 2.18. The number of hydrogen-bond donors (Lipinski definition) is 0. The number of benzene rings is 8. The second kappa shape index (κ2) is 12.9. The van der Waals surface area contributed by atoms with Crippen molar-refractivity contribution in [1.29, 1.82) is 0 Å². The normalized spacial score (nSPS) is 11.4. The van der Waals surface area contributed by atoms with Crippen LogP contribution in [0, 0.1) is 0 Å². The van der Waals surface area contributed by atoms with E-state index in [1.54, 1.807) is 0 Å². The lowest BCUT2D eigenvalue weighted by atomic mass is 9.90. The van der Waals surface area contributed by atoms with E-state index in [0.29, 0.717) is 17.6 Å². The van der Waals surface area contributed by atoms with E-state index in [-0.39, 0.29) is 0 Å². The molecule has 2 aromatic heterocycles. The molecule has 4 heteroatoms. The third kappa shape index (κ3) is 5.45. The van der Waals surface area contributed by atoms with Gasteiger partial charge >= 0.3 is 0 Å². The molecule has 0 fully saturated rings. The van der Waals surface area contributed by atoms with Crippen LogP contribution in [-0.4, -0.2) is 19.5 Å². The van der Waals surface area contributed by atoms with E-state index in [9.17, 15) is 0 Å². The molecule has 0 radical (unpaired) electrons. The Morgan fingerprint density at radius 2 is 0.717 bits per heavy atom. The Hall–Kier alpha value is -7.17. The molecule has 0 saturated carbocycles. The summed E-state index contributed by atoms with van der Waals surface area (Å²) in [7, 11) is 0. The minimum atomic E-state index is 0.590. The minimum Gasteiger partial charge on any atom is -0.278 e. The number of fused-ring (bicyclic) bond motifs is 4. The summed E-state index contributed by atoms with van der Waals surface area (Å²) in [6.07, 6.45) is 0. The van der Waals surface area contributed by atoms with E-state index >= 15 is 0 Å². The Morgan fingerprint density at radius 1 is 0.302 bits per heavy atom. The largest absolute Gasteiger partial charge is 0.278 e. The molecule has 0 aliphatic carbocycles. The number of para-hydroxylation sites is 2. The predicted molar refractivity (Wildman–Crippen MR) is 219 cm³/mol. The number of rotatable bonds is 6. The summed E-state index contributed by atoms with van der Waals surface area (Å²) in [5.41, 5.74) is 11.1. The highest BCUT2D eigenvalue weighted by molar-refractivity contribution is 6.09. The molecule has 4 nitrogen and oxygen atoms in total. The SMILES string of the molecule is c1ccc(-c2ccc(-c3cccc4cccc(-c5ccc(-c6nc(-c7ccccc7)nc(-n7c8ccccc8c8ccccc87)n6)cc5)c34)cc2)cc1. The maximum absolute atomic E-state index is 5.15. The molecule has 0 spiro atoms. The van der Waals surface area contributed by atoms with Crippen LogP contribution in [0.25, 0.3) is 94.7 Å². The van der Waals surface area contributed by atoms with Gasteiger partial charge in [0.15, 0.2) is 11.6 Å². The van der Waals surface area contributed by atoms with Gasteiger partial charge in [-0.1, -0.05) is 182 Å². The van der Waals surface area contributed by atoms with Gasteiger partial charge in [-0.2, -0.15) is 9.97 Å². The monoisotopic (exact) mass is 676 g/mol. The van der Waals surface area contributed by atoms with Crippen LogP contribution in [0.5, 0.6) is 0 Å². The van der Waals surface area contributed by atoms with Gasteiger partial charge < -0.3 is 0 Å². The third-order valence-corrected chi connectivity index (χ3v) is 10.1. The number of aromatic nitrogens is 4. The molecule has 0 aliphatic rings. The molecule has 0 amide bonds. The lowest BCUT2D eigenvalue weighted by Gasteiger charge is -2.14. The average molecular weight is 677 g/mol. The second-order valence-corrected chi connectivity index (χ2v) is 13.2. The van der Waals surface area contributed by atoms with Crippen molar-refractivity contribution < 1.29 is 0 Å². The van der Waals surface area contributed by atoms with Gasteiger partial charge in [0, 0.05) is 21.9 Å². The summed E-state index contributed by atoms with van der Waals surface area (Å²) in [6, 6.07) is 68.2. The molecule has 0 bridgehead atoms. The molecule has 2 heterocycles. The van der Waals surface area contributed by atoms with Gasteiger partial charge in [0.1, 0.15) is 0 Å².